The van der Waals surface area contributed by atoms with Crippen molar-refractivity contribution in [3.05, 3.63) is 42.1 Å². The summed E-state index contributed by atoms with van der Waals surface area (Å²) in [6, 6.07) is 9.58. The summed E-state index contributed by atoms with van der Waals surface area (Å²) in [5, 5.41) is 11.4. The summed E-state index contributed by atoms with van der Waals surface area (Å²) in [5.74, 6) is -2.66. The maximum Gasteiger partial charge on any atom is 0.248 e. The molecule has 1 aromatic heterocycles. The van der Waals surface area contributed by atoms with Gasteiger partial charge in [0.1, 0.15) is 0 Å². The average Bonchev–Trinajstić information content (AvgIpc) is 2.46. The highest BCUT2D eigenvalue weighted by atomic mass is 19.3. The topological polar surface area (TPSA) is 33.1 Å². The molecular formula is C16H17F2NO. The summed E-state index contributed by atoms with van der Waals surface area (Å²) in [6.45, 7) is 0. The molecule has 3 rings (SSSR count). The summed E-state index contributed by atoms with van der Waals surface area (Å²) in [5.41, 5.74) is 1.59. The second-order valence-electron chi connectivity index (χ2n) is 5.60. The molecule has 1 aliphatic carbocycles. The first kappa shape index (κ1) is 13.4. The number of aliphatic hydroxyl groups is 1. The minimum atomic E-state index is -2.56. The van der Waals surface area contributed by atoms with Crippen LogP contribution in [0.2, 0.25) is 0 Å². The first-order chi connectivity index (χ1) is 9.55. The number of alkyl halides is 2. The maximum atomic E-state index is 13.2. The number of hydrogen-bond donors (Lipinski definition) is 1. The fourth-order valence-electron chi connectivity index (χ4n) is 2.90. The second-order valence-corrected chi connectivity index (χ2v) is 5.60. The monoisotopic (exact) mass is 277 g/mol. The highest BCUT2D eigenvalue weighted by molar-refractivity contribution is 5.78. The second kappa shape index (κ2) is 5.09. The Hall–Kier alpha value is -1.55. The van der Waals surface area contributed by atoms with E-state index in [-0.39, 0.29) is 18.8 Å². The number of rotatable bonds is 2. The molecule has 106 valence electrons. The van der Waals surface area contributed by atoms with Crippen LogP contribution in [0.5, 0.6) is 0 Å². The molecule has 0 radical (unpaired) electrons. The van der Waals surface area contributed by atoms with Gasteiger partial charge in [0, 0.05) is 24.4 Å². The Labute approximate surface area is 116 Å². The summed E-state index contributed by atoms with van der Waals surface area (Å²) in [7, 11) is 0. The van der Waals surface area contributed by atoms with E-state index in [4.69, 9.17) is 0 Å². The van der Waals surface area contributed by atoms with Gasteiger partial charge in [-0.1, -0.05) is 18.2 Å². The molecule has 0 amide bonds. The van der Waals surface area contributed by atoms with E-state index in [0.717, 1.165) is 16.5 Å². The van der Waals surface area contributed by atoms with Gasteiger partial charge in [-0.15, -0.1) is 0 Å². The Balaban J connectivity index is 1.80. The van der Waals surface area contributed by atoms with Crippen LogP contribution in [-0.2, 0) is 0 Å². The molecule has 0 bridgehead atoms. The van der Waals surface area contributed by atoms with Gasteiger partial charge in [-0.3, -0.25) is 4.98 Å². The zero-order valence-corrected chi connectivity index (χ0v) is 11.1. The zero-order chi connectivity index (χ0) is 14.2. The Morgan fingerprint density at radius 2 is 1.90 bits per heavy atom. The zero-order valence-electron chi connectivity index (χ0n) is 11.1. The molecule has 20 heavy (non-hydrogen) atoms. The number of halogens is 2. The highest BCUT2D eigenvalue weighted by Gasteiger charge is 2.37. The number of aromatic nitrogens is 1. The maximum absolute atomic E-state index is 13.2. The smallest absolute Gasteiger partial charge is 0.248 e. The molecule has 0 saturated heterocycles. The lowest BCUT2D eigenvalue weighted by atomic mass is 9.81. The molecule has 1 aromatic carbocycles. The largest absolute Gasteiger partial charge is 0.388 e. The molecule has 1 unspecified atom stereocenters. The van der Waals surface area contributed by atoms with Crippen LogP contribution in [0, 0.1) is 5.92 Å². The van der Waals surface area contributed by atoms with E-state index in [1.54, 1.807) is 6.20 Å². The molecular weight excluding hydrogens is 260 g/mol. The average molecular weight is 277 g/mol. The third kappa shape index (κ3) is 2.66. The molecule has 2 nitrogen and oxygen atoms in total. The molecule has 0 spiro atoms. The van der Waals surface area contributed by atoms with E-state index in [0.29, 0.717) is 12.8 Å². The van der Waals surface area contributed by atoms with Crippen molar-refractivity contribution in [3.63, 3.8) is 0 Å². The minimum absolute atomic E-state index is 0.0995. The van der Waals surface area contributed by atoms with E-state index in [1.807, 2.05) is 30.3 Å². The van der Waals surface area contributed by atoms with Crippen molar-refractivity contribution in [3.8, 4) is 0 Å². The normalized spacial score (nSPS) is 20.9. The van der Waals surface area contributed by atoms with Gasteiger partial charge in [0.2, 0.25) is 5.92 Å². The molecule has 1 atom stereocenters. The number of fused-ring (bicyclic) bond motifs is 1. The Kier molecular flexibility index (Phi) is 3.42. The predicted octanol–water partition coefficient (Wildman–Crippen LogP) is 4.09. The van der Waals surface area contributed by atoms with Crippen LogP contribution in [0.25, 0.3) is 10.9 Å². The fraction of sp³-hybridized carbons (Fsp3) is 0.438. The number of para-hydroxylation sites is 1. The number of nitrogens with zero attached hydrogens (tertiary/aromatic N) is 1. The molecule has 1 heterocycles. The van der Waals surface area contributed by atoms with Crippen molar-refractivity contribution in [2.24, 2.45) is 5.92 Å². The Morgan fingerprint density at radius 1 is 1.20 bits per heavy atom. The number of aliphatic hydroxyl groups excluding tert-OH is 1. The lowest BCUT2D eigenvalue weighted by Crippen LogP contribution is -2.27. The summed E-state index contributed by atoms with van der Waals surface area (Å²) < 4.78 is 26.3. The molecule has 1 N–H and O–H groups in total. The van der Waals surface area contributed by atoms with E-state index in [9.17, 15) is 13.9 Å². The van der Waals surface area contributed by atoms with Crippen LogP contribution in [0.1, 0.15) is 37.4 Å². The Morgan fingerprint density at radius 3 is 2.65 bits per heavy atom. The third-order valence-electron chi connectivity index (χ3n) is 4.16. The Bertz CT molecular complexity index is 604. The van der Waals surface area contributed by atoms with Crippen LogP contribution < -0.4 is 0 Å². The standard InChI is InChI=1S/C16H17F2NO/c17-16(18)7-5-11(6-8-16)15(20)13-9-12-3-1-2-4-14(12)19-10-13/h1-4,9-11,15,20H,5-8H2. The molecule has 4 heteroatoms. The quantitative estimate of drug-likeness (QED) is 0.896. The van der Waals surface area contributed by atoms with Crippen molar-refractivity contribution >= 4 is 10.9 Å². The lowest BCUT2D eigenvalue weighted by Gasteiger charge is -2.31. The van der Waals surface area contributed by atoms with Crippen molar-refractivity contribution in [2.45, 2.75) is 37.7 Å². The van der Waals surface area contributed by atoms with Gasteiger partial charge in [-0.2, -0.15) is 0 Å². The van der Waals surface area contributed by atoms with Crippen molar-refractivity contribution in [1.82, 2.24) is 4.98 Å². The molecule has 2 aromatic rings. The van der Waals surface area contributed by atoms with E-state index >= 15 is 0 Å². The molecule has 0 aliphatic heterocycles. The van der Waals surface area contributed by atoms with E-state index in [2.05, 4.69) is 4.98 Å². The van der Waals surface area contributed by atoms with Gasteiger partial charge in [0.25, 0.3) is 0 Å². The highest BCUT2D eigenvalue weighted by Crippen LogP contribution is 2.41. The fourth-order valence-corrected chi connectivity index (χ4v) is 2.90. The number of hydrogen-bond acceptors (Lipinski definition) is 2. The van der Waals surface area contributed by atoms with Crippen LogP contribution in [0.15, 0.2) is 36.5 Å². The third-order valence-corrected chi connectivity index (χ3v) is 4.16. The van der Waals surface area contributed by atoms with Crippen LogP contribution in [-0.4, -0.2) is 16.0 Å². The number of benzene rings is 1. The van der Waals surface area contributed by atoms with Gasteiger partial charge in [0.05, 0.1) is 11.6 Å². The van der Waals surface area contributed by atoms with Gasteiger partial charge in [-0.05, 0) is 36.5 Å². The summed E-state index contributed by atoms with van der Waals surface area (Å²) in [6.07, 6.45) is 1.41. The van der Waals surface area contributed by atoms with Crippen molar-refractivity contribution < 1.29 is 13.9 Å². The van der Waals surface area contributed by atoms with Crippen LogP contribution in [0.4, 0.5) is 8.78 Å². The van der Waals surface area contributed by atoms with Gasteiger partial charge >= 0.3 is 0 Å². The van der Waals surface area contributed by atoms with Crippen molar-refractivity contribution in [1.29, 1.82) is 0 Å². The summed E-state index contributed by atoms with van der Waals surface area (Å²) >= 11 is 0. The number of pyridine rings is 1. The van der Waals surface area contributed by atoms with Crippen LogP contribution in [0.3, 0.4) is 0 Å². The first-order valence-electron chi connectivity index (χ1n) is 6.96. The first-order valence-corrected chi connectivity index (χ1v) is 6.96. The van der Waals surface area contributed by atoms with E-state index < -0.39 is 12.0 Å². The van der Waals surface area contributed by atoms with Gasteiger partial charge in [-0.25, -0.2) is 8.78 Å². The van der Waals surface area contributed by atoms with Crippen molar-refractivity contribution in [2.75, 3.05) is 0 Å². The molecule has 1 aliphatic rings. The minimum Gasteiger partial charge on any atom is -0.388 e. The molecule has 1 saturated carbocycles. The van der Waals surface area contributed by atoms with E-state index in [1.165, 1.54) is 0 Å². The SMILES string of the molecule is OC(c1cnc2ccccc2c1)C1CCC(F)(F)CC1. The predicted molar refractivity (Wildman–Crippen MR) is 73.6 cm³/mol. The van der Waals surface area contributed by atoms with Gasteiger partial charge < -0.3 is 5.11 Å². The molecule has 1 fully saturated rings. The lowest BCUT2D eigenvalue weighted by molar-refractivity contribution is -0.0627. The summed E-state index contributed by atoms with van der Waals surface area (Å²) in [4.78, 5) is 4.32. The van der Waals surface area contributed by atoms with Gasteiger partial charge in [0.15, 0.2) is 0 Å². The van der Waals surface area contributed by atoms with Crippen LogP contribution >= 0.6 is 0 Å².